The third kappa shape index (κ3) is 3.29. The van der Waals surface area contributed by atoms with Crippen LogP contribution in [0.15, 0.2) is 24.4 Å². The molecule has 0 radical (unpaired) electrons. The number of imidazole rings is 1. The molecule has 2 aromatic rings. The van der Waals surface area contributed by atoms with Gasteiger partial charge in [-0.05, 0) is 37.5 Å². The van der Waals surface area contributed by atoms with Gasteiger partial charge in [0.15, 0.2) is 0 Å². The van der Waals surface area contributed by atoms with E-state index >= 15 is 0 Å². The molecule has 19 heavy (non-hydrogen) atoms. The van der Waals surface area contributed by atoms with Gasteiger partial charge in [-0.25, -0.2) is 4.98 Å². The second-order valence-corrected chi connectivity index (χ2v) is 5.71. The van der Waals surface area contributed by atoms with Gasteiger partial charge in [0.2, 0.25) is 5.95 Å². The maximum atomic E-state index is 6.30. The molecule has 1 aromatic heterocycles. The van der Waals surface area contributed by atoms with Crippen LogP contribution in [0.3, 0.4) is 0 Å². The number of anilines is 1. The average molecular weight is 278 g/mol. The maximum Gasteiger partial charge on any atom is 0.207 e. The highest BCUT2D eigenvalue weighted by Gasteiger charge is 2.10. The summed E-state index contributed by atoms with van der Waals surface area (Å²) in [6, 6.07) is 6.01. The van der Waals surface area contributed by atoms with Gasteiger partial charge in [0.05, 0.1) is 16.4 Å². The minimum Gasteiger partial charge on any atom is -0.355 e. The first kappa shape index (κ1) is 13.9. The Morgan fingerprint density at radius 3 is 2.74 bits per heavy atom. The van der Waals surface area contributed by atoms with Crippen molar-refractivity contribution in [3.63, 3.8) is 0 Å². The summed E-state index contributed by atoms with van der Waals surface area (Å²) >= 11 is 6.30. The quantitative estimate of drug-likeness (QED) is 0.907. The minimum absolute atomic E-state index is 0.568. The first-order chi connectivity index (χ1) is 8.97. The fraction of sp³-hybridized carbons (Fsp3) is 0.400. The Hall–Kier alpha value is -1.48. The lowest BCUT2D eigenvalue weighted by Gasteiger charge is -2.13. The Bertz CT molecular complexity index is 573. The van der Waals surface area contributed by atoms with Crippen molar-refractivity contribution in [3.8, 4) is 5.69 Å². The summed E-state index contributed by atoms with van der Waals surface area (Å²) in [4.78, 5) is 4.52. The van der Waals surface area contributed by atoms with E-state index in [1.165, 1.54) is 5.56 Å². The molecular weight excluding hydrogens is 258 g/mol. The smallest absolute Gasteiger partial charge is 0.207 e. The van der Waals surface area contributed by atoms with Gasteiger partial charge in [-0.1, -0.05) is 31.5 Å². The molecule has 102 valence electrons. The van der Waals surface area contributed by atoms with E-state index in [0.29, 0.717) is 5.92 Å². The van der Waals surface area contributed by atoms with Gasteiger partial charge in [0, 0.05) is 12.7 Å². The first-order valence-corrected chi connectivity index (χ1v) is 6.91. The van der Waals surface area contributed by atoms with Crippen LogP contribution >= 0.6 is 11.6 Å². The number of nitrogens with zero attached hydrogens (tertiary/aromatic N) is 2. The molecule has 0 saturated heterocycles. The van der Waals surface area contributed by atoms with E-state index in [0.717, 1.165) is 28.9 Å². The van der Waals surface area contributed by atoms with Crippen LogP contribution in [0.5, 0.6) is 0 Å². The number of halogens is 1. The van der Waals surface area contributed by atoms with Crippen LogP contribution in [0, 0.1) is 19.8 Å². The highest BCUT2D eigenvalue weighted by Crippen LogP contribution is 2.25. The van der Waals surface area contributed by atoms with Gasteiger partial charge in [-0.2, -0.15) is 0 Å². The normalized spacial score (nSPS) is 11.1. The summed E-state index contributed by atoms with van der Waals surface area (Å²) in [5, 5.41) is 4.10. The molecule has 1 N–H and O–H groups in total. The summed E-state index contributed by atoms with van der Waals surface area (Å²) < 4.78 is 2.02. The monoisotopic (exact) mass is 277 g/mol. The zero-order valence-electron chi connectivity index (χ0n) is 11.9. The number of rotatable bonds is 4. The fourth-order valence-electron chi connectivity index (χ4n) is 1.91. The Kier molecular flexibility index (Phi) is 4.15. The molecule has 0 atom stereocenters. The summed E-state index contributed by atoms with van der Waals surface area (Å²) in [5.41, 5.74) is 3.12. The lowest BCUT2D eigenvalue weighted by atomic mass is 10.2. The molecule has 0 spiro atoms. The molecule has 0 amide bonds. The number of aromatic nitrogens is 2. The van der Waals surface area contributed by atoms with E-state index in [1.807, 2.05) is 29.8 Å². The van der Waals surface area contributed by atoms with Crippen molar-refractivity contribution in [2.24, 2.45) is 5.92 Å². The van der Waals surface area contributed by atoms with Gasteiger partial charge >= 0.3 is 0 Å². The summed E-state index contributed by atoms with van der Waals surface area (Å²) in [6.45, 7) is 9.28. The first-order valence-electron chi connectivity index (χ1n) is 6.53. The lowest BCUT2D eigenvalue weighted by Crippen LogP contribution is -2.12. The predicted molar refractivity (Wildman–Crippen MR) is 81.4 cm³/mol. The third-order valence-corrected chi connectivity index (χ3v) is 3.18. The van der Waals surface area contributed by atoms with Gasteiger partial charge < -0.3 is 5.32 Å². The van der Waals surface area contributed by atoms with E-state index < -0.39 is 0 Å². The second kappa shape index (κ2) is 5.66. The van der Waals surface area contributed by atoms with Crippen LogP contribution < -0.4 is 5.32 Å². The largest absolute Gasteiger partial charge is 0.355 e. The molecule has 4 heteroatoms. The summed E-state index contributed by atoms with van der Waals surface area (Å²) in [6.07, 6.45) is 2.00. The SMILES string of the molecule is Cc1ccc(Cl)c(-n2cc(C)nc2NCC(C)C)c1. The van der Waals surface area contributed by atoms with Crippen LogP contribution in [-0.4, -0.2) is 16.1 Å². The molecule has 0 aliphatic rings. The molecule has 2 rings (SSSR count). The average Bonchev–Trinajstić information content (AvgIpc) is 2.71. The van der Waals surface area contributed by atoms with Crippen molar-refractivity contribution in [1.29, 1.82) is 0 Å². The Balaban J connectivity index is 2.40. The summed E-state index contributed by atoms with van der Waals surface area (Å²) in [7, 11) is 0. The molecule has 0 aliphatic carbocycles. The number of hydrogen-bond donors (Lipinski definition) is 1. The van der Waals surface area contributed by atoms with E-state index in [2.05, 4.69) is 37.1 Å². The third-order valence-electron chi connectivity index (χ3n) is 2.86. The number of hydrogen-bond acceptors (Lipinski definition) is 2. The van der Waals surface area contributed by atoms with E-state index in [-0.39, 0.29) is 0 Å². The van der Waals surface area contributed by atoms with Crippen molar-refractivity contribution in [2.45, 2.75) is 27.7 Å². The Morgan fingerprint density at radius 2 is 2.05 bits per heavy atom. The number of aryl methyl sites for hydroxylation is 2. The van der Waals surface area contributed by atoms with Crippen LogP contribution in [0.4, 0.5) is 5.95 Å². The highest BCUT2D eigenvalue weighted by molar-refractivity contribution is 6.32. The van der Waals surface area contributed by atoms with Crippen LogP contribution in [0.2, 0.25) is 5.02 Å². The van der Waals surface area contributed by atoms with Gasteiger partial charge in [0.25, 0.3) is 0 Å². The standard InChI is InChI=1S/C15H20ClN3/c1-10(2)8-17-15-18-12(4)9-19(15)14-7-11(3)5-6-13(14)16/h5-7,9-10H,8H2,1-4H3,(H,17,18). The molecule has 0 saturated carbocycles. The van der Waals surface area contributed by atoms with Crippen LogP contribution in [-0.2, 0) is 0 Å². The van der Waals surface area contributed by atoms with Crippen molar-refractivity contribution < 1.29 is 0 Å². The van der Waals surface area contributed by atoms with Crippen molar-refractivity contribution >= 4 is 17.5 Å². The molecule has 0 unspecified atom stereocenters. The van der Waals surface area contributed by atoms with E-state index in [4.69, 9.17) is 11.6 Å². The lowest BCUT2D eigenvalue weighted by molar-refractivity contribution is 0.683. The molecular formula is C15H20ClN3. The molecule has 1 heterocycles. The molecule has 0 bridgehead atoms. The van der Waals surface area contributed by atoms with Crippen molar-refractivity contribution in [1.82, 2.24) is 9.55 Å². The van der Waals surface area contributed by atoms with Gasteiger partial charge in [-0.15, -0.1) is 0 Å². The zero-order valence-corrected chi connectivity index (χ0v) is 12.6. The van der Waals surface area contributed by atoms with Crippen molar-refractivity contribution in [2.75, 3.05) is 11.9 Å². The molecule has 3 nitrogen and oxygen atoms in total. The Labute approximate surface area is 119 Å². The maximum absolute atomic E-state index is 6.30. The Morgan fingerprint density at radius 1 is 1.32 bits per heavy atom. The van der Waals surface area contributed by atoms with Crippen molar-refractivity contribution in [3.05, 3.63) is 40.7 Å². The van der Waals surface area contributed by atoms with E-state index in [9.17, 15) is 0 Å². The zero-order chi connectivity index (χ0) is 14.0. The number of nitrogens with one attached hydrogen (secondary N) is 1. The number of benzene rings is 1. The minimum atomic E-state index is 0.568. The predicted octanol–water partition coefficient (Wildman–Crippen LogP) is 4.21. The van der Waals surface area contributed by atoms with Gasteiger partial charge in [-0.3, -0.25) is 4.57 Å². The van der Waals surface area contributed by atoms with Gasteiger partial charge in [0.1, 0.15) is 0 Å². The topological polar surface area (TPSA) is 29.9 Å². The van der Waals surface area contributed by atoms with Crippen LogP contribution in [0.1, 0.15) is 25.1 Å². The molecule has 1 aromatic carbocycles. The van der Waals surface area contributed by atoms with Crippen LogP contribution in [0.25, 0.3) is 5.69 Å². The second-order valence-electron chi connectivity index (χ2n) is 5.31. The highest BCUT2D eigenvalue weighted by atomic mass is 35.5. The molecule has 0 aliphatic heterocycles. The summed E-state index contributed by atoms with van der Waals surface area (Å²) in [5.74, 6) is 1.41. The van der Waals surface area contributed by atoms with E-state index in [1.54, 1.807) is 0 Å². The fourth-order valence-corrected chi connectivity index (χ4v) is 2.12. The molecule has 0 fully saturated rings.